The summed E-state index contributed by atoms with van der Waals surface area (Å²) in [5, 5.41) is 2.74. The zero-order valence-electron chi connectivity index (χ0n) is 21.1. The van der Waals surface area contributed by atoms with Gasteiger partial charge in [-0.3, -0.25) is 19.3 Å². The molecule has 0 atom stereocenters. The van der Waals surface area contributed by atoms with Crippen LogP contribution in [0.5, 0.6) is 23.0 Å². The van der Waals surface area contributed by atoms with Gasteiger partial charge in [0.1, 0.15) is 0 Å². The summed E-state index contributed by atoms with van der Waals surface area (Å²) in [7, 11) is 0. The van der Waals surface area contributed by atoms with E-state index in [2.05, 4.69) is 27.9 Å². The molecule has 5 rings (SSSR count). The van der Waals surface area contributed by atoms with Crippen molar-refractivity contribution in [2.24, 2.45) is 0 Å². The lowest BCUT2D eigenvalue weighted by molar-refractivity contribution is -0.123. The number of rotatable bonds is 9. The predicted octanol–water partition coefficient (Wildman–Crippen LogP) is 6.33. The number of hydrogen-bond acceptors (Lipinski definition) is 8. The molecule has 2 aliphatic rings. The van der Waals surface area contributed by atoms with Gasteiger partial charge in [0.2, 0.25) is 6.79 Å². The van der Waals surface area contributed by atoms with Crippen molar-refractivity contribution in [2.75, 3.05) is 25.3 Å². The monoisotopic (exact) mass is 692 g/mol. The maximum Gasteiger partial charge on any atom is 0.293 e. The maximum atomic E-state index is 13.2. The molecule has 9 nitrogen and oxygen atoms in total. The van der Waals surface area contributed by atoms with Gasteiger partial charge in [-0.1, -0.05) is 29.8 Å². The number of fused-ring (bicyclic) bond motifs is 1. The summed E-state index contributed by atoms with van der Waals surface area (Å²) in [4.78, 5) is 39.7. The van der Waals surface area contributed by atoms with E-state index < -0.39 is 11.1 Å². The Labute approximate surface area is 252 Å². The van der Waals surface area contributed by atoms with E-state index in [9.17, 15) is 14.4 Å². The summed E-state index contributed by atoms with van der Waals surface area (Å²) in [5.41, 5.74) is 1.88. The lowest BCUT2D eigenvalue weighted by atomic mass is 10.1. The number of anilines is 1. The van der Waals surface area contributed by atoms with E-state index in [1.54, 1.807) is 42.5 Å². The normalized spacial score (nSPS) is 15.1. The van der Waals surface area contributed by atoms with Gasteiger partial charge >= 0.3 is 0 Å². The molecule has 1 saturated heterocycles. The highest BCUT2D eigenvalue weighted by molar-refractivity contribution is 14.1. The molecule has 3 aromatic carbocycles. The van der Waals surface area contributed by atoms with Gasteiger partial charge in [-0.25, -0.2) is 0 Å². The minimum absolute atomic E-state index is 0.00294. The molecule has 0 saturated carbocycles. The van der Waals surface area contributed by atoms with Crippen LogP contribution in [0.1, 0.15) is 18.1 Å². The maximum absolute atomic E-state index is 13.2. The summed E-state index contributed by atoms with van der Waals surface area (Å²) in [6.45, 7) is 2.06. The zero-order chi connectivity index (χ0) is 28.2. The van der Waals surface area contributed by atoms with Crippen LogP contribution in [0.3, 0.4) is 0 Å². The third kappa shape index (κ3) is 6.31. The Hall–Kier alpha value is -3.42. The Morgan fingerprint density at radius 3 is 2.62 bits per heavy atom. The van der Waals surface area contributed by atoms with Gasteiger partial charge in [-0.15, -0.1) is 0 Å². The number of hydrogen-bond donors (Lipinski definition) is 1. The molecular formula is C28H22ClIN2O7S. The topological polar surface area (TPSA) is 103 Å². The number of nitrogens with zero attached hydrogens (tertiary/aromatic N) is 1. The molecule has 0 aliphatic carbocycles. The van der Waals surface area contributed by atoms with Gasteiger partial charge in [0, 0.05) is 16.8 Å². The zero-order valence-corrected chi connectivity index (χ0v) is 24.8. The first kappa shape index (κ1) is 28.1. The van der Waals surface area contributed by atoms with Gasteiger partial charge in [0.05, 0.1) is 21.6 Å². The molecule has 2 heterocycles. The predicted molar refractivity (Wildman–Crippen MR) is 160 cm³/mol. The Morgan fingerprint density at radius 2 is 1.88 bits per heavy atom. The number of amides is 3. The fourth-order valence-electron chi connectivity index (χ4n) is 3.97. The van der Waals surface area contributed by atoms with Crippen LogP contribution in [0.25, 0.3) is 6.08 Å². The summed E-state index contributed by atoms with van der Waals surface area (Å²) in [5.74, 6) is 1.11. The molecule has 1 fully saturated rings. The minimum Gasteiger partial charge on any atom is -0.490 e. The highest BCUT2D eigenvalue weighted by Gasteiger charge is 2.36. The lowest BCUT2D eigenvalue weighted by Crippen LogP contribution is -2.27. The van der Waals surface area contributed by atoms with Crippen LogP contribution >= 0.6 is 46.0 Å². The van der Waals surface area contributed by atoms with Crippen molar-refractivity contribution < 1.29 is 33.3 Å². The molecule has 40 heavy (non-hydrogen) atoms. The second kappa shape index (κ2) is 12.4. The molecule has 0 radical (unpaired) electrons. The Bertz CT molecular complexity index is 1520. The van der Waals surface area contributed by atoms with Crippen molar-refractivity contribution >= 4 is 74.8 Å². The van der Waals surface area contributed by atoms with E-state index in [1.807, 2.05) is 25.1 Å². The van der Waals surface area contributed by atoms with Crippen molar-refractivity contribution in [3.05, 3.63) is 79.2 Å². The van der Waals surface area contributed by atoms with Crippen LogP contribution in [-0.2, 0) is 16.1 Å². The van der Waals surface area contributed by atoms with E-state index >= 15 is 0 Å². The summed E-state index contributed by atoms with van der Waals surface area (Å²) < 4.78 is 23.0. The smallest absolute Gasteiger partial charge is 0.293 e. The van der Waals surface area contributed by atoms with E-state index in [4.69, 9.17) is 30.5 Å². The van der Waals surface area contributed by atoms with Crippen LogP contribution < -0.4 is 24.3 Å². The molecular weight excluding hydrogens is 671 g/mol. The fourth-order valence-corrected chi connectivity index (χ4v) is 5.80. The number of thioether (sulfide) groups is 1. The third-order valence-electron chi connectivity index (χ3n) is 5.78. The quantitative estimate of drug-likeness (QED) is 0.205. The van der Waals surface area contributed by atoms with E-state index in [0.29, 0.717) is 55.0 Å². The Morgan fingerprint density at radius 1 is 1.12 bits per heavy atom. The number of ether oxygens (including phenoxy) is 4. The van der Waals surface area contributed by atoms with Gasteiger partial charge in [-0.2, -0.15) is 0 Å². The minimum atomic E-state index is -0.436. The summed E-state index contributed by atoms with van der Waals surface area (Å²) in [6.07, 6.45) is 1.63. The molecule has 2 aliphatic heterocycles. The first-order chi connectivity index (χ1) is 19.3. The van der Waals surface area contributed by atoms with Crippen LogP contribution in [-0.4, -0.2) is 42.0 Å². The van der Waals surface area contributed by atoms with Gasteiger partial charge in [0.25, 0.3) is 17.1 Å². The van der Waals surface area contributed by atoms with Gasteiger partial charge < -0.3 is 24.3 Å². The molecule has 12 heteroatoms. The van der Waals surface area contributed by atoms with Gasteiger partial charge in [-0.05, 0) is 88.8 Å². The van der Waals surface area contributed by atoms with Crippen molar-refractivity contribution in [3.8, 4) is 23.0 Å². The van der Waals surface area contributed by atoms with Crippen molar-refractivity contribution in [2.45, 2.75) is 13.5 Å². The number of para-hydroxylation sites is 1. The highest BCUT2D eigenvalue weighted by atomic mass is 127. The third-order valence-corrected chi connectivity index (χ3v) is 7.84. The van der Waals surface area contributed by atoms with Crippen LogP contribution in [0.2, 0.25) is 5.02 Å². The van der Waals surface area contributed by atoms with Crippen molar-refractivity contribution in [1.29, 1.82) is 0 Å². The number of benzene rings is 3. The first-order valence-corrected chi connectivity index (χ1v) is 14.4. The van der Waals surface area contributed by atoms with Crippen molar-refractivity contribution in [3.63, 3.8) is 0 Å². The second-order valence-corrected chi connectivity index (χ2v) is 11.1. The molecule has 0 unspecified atom stereocenters. The second-order valence-electron chi connectivity index (χ2n) is 8.53. The molecule has 1 N–H and O–H groups in total. The first-order valence-electron chi connectivity index (χ1n) is 12.1. The number of nitrogens with one attached hydrogen (secondary N) is 1. The van der Waals surface area contributed by atoms with E-state index in [0.717, 1.165) is 16.7 Å². The highest BCUT2D eigenvalue weighted by Crippen LogP contribution is 2.40. The molecule has 0 spiro atoms. The number of halogens is 2. The Balaban J connectivity index is 1.31. The van der Waals surface area contributed by atoms with Crippen LogP contribution in [0.4, 0.5) is 10.5 Å². The molecule has 0 aromatic heterocycles. The molecule has 0 bridgehead atoms. The molecule has 3 aromatic rings. The molecule has 3 amide bonds. The largest absolute Gasteiger partial charge is 0.490 e. The molecule has 206 valence electrons. The average molecular weight is 693 g/mol. The van der Waals surface area contributed by atoms with Gasteiger partial charge in [0.15, 0.2) is 29.6 Å². The van der Waals surface area contributed by atoms with E-state index in [1.165, 1.54) is 0 Å². The summed E-state index contributed by atoms with van der Waals surface area (Å²) >= 11 is 9.28. The van der Waals surface area contributed by atoms with E-state index in [-0.39, 0.29) is 30.8 Å². The number of imide groups is 1. The summed E-state index contributed by atoms with van der Waals surface area (Å²) in [6, 6.07) is 15.9. The van der Waals surface area contributed by atoms with Crippen molar-refractivity contribution in [1.82, 2.24) is 4.90 Å². The average Bonchev–Trinajstić information content (AvgIpc) is 3.48. The number of carbonyl (C=O) groups is 3. The lowest BCUT2D eigenvalue weighted by Gasteiger charge is -2.15. The van der Waals surface area contributed by atoms with Crippen LogP contribution in [0, 0.1) is 3.57 Å². The standard InChI is InChI=1S/C28H22ClIN2O7S/c1-2-36-23-9-16(8-20(30)26(23)37-14-25(33)31-18-6-4-3-5-7-18)10-24-27(34)32(28(35)40-24)13-17-11-21-22(12-19(17)29)39-15-38-21/h3-12H,2,13-15H2,1H3,(H,31,33)/b24-10-. The Kier molecular flexibility index (Phi) is 8.72. The fraction of sp³-hybridized carbons (Fsp3) is 0.179. The SMILES string of the molecule is CCOc1cc(/C=C2\SC(=O)N(Cc3cc4c(cc3Cl)OCO4)C2=O)cc(I)c1OCC(=O)Nc1ccccc1. The van der Waals surface area contributed by atoms with Crippen LogP contribution in [0.15, 0.2) is 59.5 Å². The number of carbonyl (C=O) groups excluding carboxylic acids is 3.